The first-order chi connectivity index (χ1) is 12.2. The normalized spacial score (nSPS) is 14.8. The summed E-state index contributed by atoms with van der Waals surface area (Å²) in [5, 5.41) is 2.61. The lowest BCUT2D eigenvalue weighted by molar-refractivity contribution is -0.144. The van der Waals surface area contributed by atoms with Crippen LogP contribution < -0.4 is 15.0 Å². The average molecular weight is 364 g/mol. The number of carbonyl (C=O) groups is 3. The Bertz CT molecular complexity index is 710. The van der Waals surface area contributed by atoms with Crippen LogP contribution in [0.25, 0.3) is 0 Å². The van der Waals surface area contributed by atoms with Crippen LogP contribution in [0.15, 0.2) is 18.2 Å². The van der Waals surface area contributed by atoms with Gasteiger partial charge in [0.05, 0.1) is 12.8 Å². The van der Waals surface area contributed by atoms with E-state index in [9.17, 15) is 14.4 Å². The molecule has 8 heteroatoms. The summed E-state index contributed by atoms with van der Waals surface area (Å²) in [5.41, 5.74) is 0.176. The lowest BCUT2D eigenvalue weighted by atomic mass is 10.1. The van der Waals surface area contributed by atoms with Crippen molar-refractivity contribution < 1.29 is 28.6 Å². The molecule has 0 aromatic heterocycles. The number of fused-ring (bicyclic) bond motifs is 1. The summed E-state index contributed by atoms with van der Waals surface area (Å²) in [6.45, 7) is 6.90. The van der Waals surface area contributed by atoms with Crippen molar-refractivity contribution in [2.24, 2.45) is 0 Å². The second-order valence-corrected chi connectivity index (χ2v) is 6.81. The molecule has 1 aromatic carbocycles. The van der Waals surface area contributed by atoms with Crippen molar-refractivity contribution in [3.05, 3.63) is 18.2 Å². The fraction of sp³-hybridized carbons (Fsp3) is 0.500. The van der Waals surface area contributed by atoms with Gasteiger partial charge in [-0.05, 0) is 45.4 Å². The Hall–Kier alpha value is -2.77. The van der Waals surface area contributed by atoms with E-state index in [2.05, 4.69) is 5.32 Å². The van der Waals surface area contributed by atoms with Gasteiger partial charge in [-0.2, -0.15) is 0 Å². The maximum Gasteiger partial charge on any atom is 0.412 e. The zero-order valence-electron chi connectivity index (χ0n) is 15.6. The van der Waals surface area contributed by atoms with Crippen molar-refractivity contribution in [2.45, 2.75) is 45.8 Å². The summed E-state index contributed by atoms with van der Waals surface area (Å²) in [6, 6.07) is 4.07. The van der Waals surface area contributed by atoms with Gasteiger partial charge in [-0.1, -0.05) is 6.92 Å². The first-order valence-corrected chi connectivity index (χ1v) is 8.33. The van der Waals surface area contributed by atoms with Gasteiger partial charge in [0.1, 0.15) is 17.4 Å². The Labute approximate surface area is 152 Å². The molecular weight excluding hydrogens is 340 g/mol. The van der Waals surface area contributed by atoms with E-state index in [1.165, 1.54) is 12.0 Å². The Kier molecular flexibility index (Phi) is 5.74. The third-order valence-electron chi connectivity index (χ3n) is 3.66. The Morgan fingerprint density at radius 3 is 2.62 bits per heavy atom. The zero-order chi connectivity index (χ0) is 19.5. The van der Waals surface area contributed by atoms with Crippen LogP contribution in [0, 0.1) is 0 Å². The molecule has 1 atom stereocenters. The molecule has 1 N–H and O–H groups in total. The molecule has 2 rings (SSSR count). The first-order valence-electron chi connectivity index (χ1n) is 8.33. The van der Waals surface area contributed by atoms with Crippen molar-refractivity contribution in [1.82, 2.24) is 0 Å². The van der Waals surface area contributed by atoms with Crippen LogP contribution >= 0.6 is 0 Å². The van der Waals surface area contributed by atoms with Crippen LogP contribution in [0.5, 0.6) is 5.75 Å². The molecule has 1 unspecified atom stereocenters. The number of benzene rings is 1. The lowest BCUT2D eigenvalue weighted by Crippen LogP contribution is -2.49. The molecule has 1 aromatic rings. The maximum absolute atomic E-state index is 12.4. The quantitative estimate of drug-likeness (QED) is 0.826. The highest BCUT2D eigenvalue weighted by molar-refractivity contribution is 6.03. The molecule has 0 fully saturated rings. The number of methoxy groups -OCH3 is 1. The van der Waals surface area contributed by atoms with E-state index in [1.807, 2.05) is 0 Å². The van der Waals surface area contributed by atoms with Crippen LogP contribution in [0.4, 0.5) is 16.2 Å². The molecule has 0 spiro atoms. The highest BCUT2D eigenvalue weighted by Gasteiger charge is 2.35. The van der Waals surface area contributed by atoms with Crippen molar-refractivity contribution >= 4 is 29.3 Å². The number of amides is 2. The summed E-state index contributed by atoms with van der Waals surface area (Å²) < 4.78 is 15.5. The summed E-state index contributed by atoms with van der Waals surface area (Å²) in [5.74, 6) is -0.426. The molecule has 8 nitrogen and oxygen atoms in total. The van der Waals surface area contributed by atoms with Crippen molar-refractivity contribution in [2.75, 3.05) is 23.9 Å². The molecule has 0 bridgehead atoms. The maximum atomic E-state index is 12.4. The van der Waals surface area contributed by atoms with Crippen molar-refractivity contribution in [1.29, 1.82) is 0 Å². The fourth-order valence-corrected chi connectivity index (χ4v) is 2.60. The van der Waals surface area contributed by atoms with E-state index < -0.39 is 23.7 Å². The minimum atomic E-state index is -0.771. The minimum absolute atomic E-state index is 0.167. The largest absolute Gasteiger partial charge is 0.482 e. The van der Waals surface area contributed by atoms with Gasteiger partial charge in [0.15, 0.2) is 6.61 Å². The minimum Gasteiger partial charge on any atom is -0.482 e. The Morgan fingerprint density at radius 1 is 1.35 bits per heavy atom. The summed E-state index contributed by atoms with van der Waals surface area (Å²) >= 11 is 0. The van der Waals surface area contributed by atoms with E-state index in [0.717, 1.165) is 0 Å². The number of anilines is 2. The van der Waals surface area contributed by atoms with Crippen molar-refractivity contribution in [3.8, 4) is 5.75 Å². The summed E-state index contributed by atoms with van der Waals surface area (Å²) in [7, 11) is 1.28. The number of hydrogen-bond acceptors (Lipinski definition) is 6. The van der Waals surface area contributed by atoms with Crippen molar-refractivity contribution in [3.63, 3.8) is 0 Å². The molecule has 2 amide bonds. The molecule has 0 saturated carbocycles. The average Bonchev–Trinajstić information content (AvgIpc) is 2.55. The van der Waals surface area contributed by atoms with Gasteiger partial charge in [-0.15, -0.1) is 0 Å². The van der Waals surface area contributed by atoms with Gasteiger partial charge in [0.25, 0.3) is 5.91 Å². The van der Waals surface area contributed by atoms with Gasteiger partial charge in [-0.25, -0.2) is 9.59 Å². The SMILES string of the molecule is CCC(C(=O)OC)N1C(=O)COc2ccc(NC(=O)OC(C)(C)C)cc21. The number of rotatable bonds is 4. The van der Waals surface area contributed by atoms with Crippen LogP contribution in [0.1, 0.15) is 34.1 Å². The third kappa shape index (κ3) is 4.44. The Balaban J connectivity index is 2.33. The zero-order valence-corrected chi connectivity index (χ0v) is 15.6. The van der Waals surface area contributed by atoms with Crippen LogP contribution in [-0.2, 0) is 19.1 Å². The van der Waals surface area contributed by atoms with Gasteiger partial charge in [0, 0.05) is 5.69 Å². The molecule has 0 aliphatic carbocycles. The molecular formula is C18H24N2O6. The van der Waals surface area contributed by atoms with E-state index in [-0.39, 0.29) is 12.5 Å². The number of nitrogens with zero attached hydrogens (tertiary/aromatic N) is 1. The number of carbonyl (C=O) groups excluding carboxylic acids is 3. The molecule has 1 heterocycles. The van der Waals surface area contributed by atoms with Gasteiger partial charge in [-0.3, -0.25) is 15.0 Å². The first kappa shape index (κ1) is 19.6. The number of ether oxygens (including phenoxy) is 3. The van der Waals surface area contributed by atoms with Crippen LogP contribution in [0.3, 0.4) is 0 Å². The second kappa shape index (κ2) is 7.63. The molecule has 142 valence electrons. The van der Waals surface area contributed by atoms with E-state index >= 15 is 0 Å². The van der Waals surface area contributed by atoms with Crippen LogP contribution in [0.2, 0.25) is 0 Å². The molecule has 0 saturated heterocycles. The fourth-order valence-electron chi connectivity index (χ4n) is 2.60. The standard InChI is InChI=1S/C18H24N2O6/c1-6-12(16(22)24-5)20-13-9-11(19-17(23)26-18(2,3)4)7-8-14(13)25-10-15(20)21/h7-9,12H,6,10H2,1-5H3,(H,19,23). The Morgan fingerprint density at radius 2 is 2.04 bits per heavy atom. The van der Waals surface area contributed by atoms with E-state index in [4.69, 9.17) is 14.2 Å². The highest BCUT2D eigenvalue weighted by atomic mass is 16.6. The molecule has 1 aliphatic rings. The lowest BCUT2D eigenvalue weighted by Gasteiger charge is -2.34. The predicted molar refractivity (Wildman–Crippen MR) is 95.4 cm³/mol. The summed E-state index contributed by atoms with van der Waals surface area (Å²) in [4.78, 5) is 37.8. The second-order valence-electron chi connectivity index (χ2n) is 6.81. The third-order valence-corrected chi connectivity index (χ3v) is 3.66. The highest BCUT2D eigenvalue weighted by Crippen LogP contribution is 2.36. The van der Waals surface area contributed by atoms with Crippen LogP contribution in [-0.4, -0.2) is 43.3 Å². The van der Waals surface area contributed by atoms with Gasteiger partial charge >= 0.3 is 12.1 Å². The smallest absolute Gasteiger partial charge is 0.412 e. The van der Waals surface area contributed by atoms with E-state index in [1.54, 1.807) is 45.9 Å². The monoisotopic (exact) mass is 364 g/mol. The molecule has 1 aliphatic heterocycles. The van der Waals surface area contributed by atoms with Gasteiger partial charge < -0.3 is 14.2 Å². The number of esters is 1. The predicted octanol–water partition coefficient (Wildman–Crippen LogP) is 2.71. The number of nitrogens with one attached hydrogen (secondary N) is 1. The van der Waals surface area contributed by atoms with E-state index in [0.29, 0.717) is 23.5 Å². The summed E-state index contributed by atoms with van der Waals surface area (Å²) in [6.07, 6.45) is -0.242. The topological polar surface area (TPSA) is 94.2 Å². The van der Waals surface area contributed by atoms with Gasteiger partial charge in [0.2, 0.25) is 0 Å². The molecule has 26 heavy (non-hydrogen) atoms. The number of hydrogen-bond donors (Lipinski definition) is 1. The molecule has 0 radical (unpaired) electrons.